The number of aliphatic hydroxyl groups is 4. The smallest absolute Gasteiger partial charge is 0.407 e. The number of amides is 1. The molecule has 0 aromatic heterocycles. The van der Waals surface area contributed by atoms with Crippen LogP contribution in [0.25, 0.3) is 0 Å². The first-order valence-corrected chi connectivity index (χ1v) is 6.80. The number of carbonyl (C=O) groups excluding carboxylic acids is 1. The van der Waals surface area contributed by atoms with Gasteiger partial charge in [0, 0.05) is 0 Å². The van der Waals surface area contributed by atoms with Gasteiger partial charge in [-0.25, -0.2) is 4.79 Å². The highest BCUT2D eigenvalue weighted by Gasteiger charge is 2.44. The standard InChI is InChI=1S/C14H19NO7/c16-6-9-11(17)12(18)10(13(19)22-9)15-14(20)21-7-8-4-2-1-3-5-8/h1-5,9-13,16-19H,6-7H2,(H,15,20)/t9-,10+,11+,12-,13-/m1/s1. The van der Waals surface area contributed by atoms with Crippen LogP contribution in [-0.2, 0) is 16.1 Å². The molecule has 2 rings (SSSR count). The molecule has 22 heavy (non-hydrogen) atoms. The molecule has 1 fully saturated rings. The van der Waals surface area contributed by atoms with Crippen molar-refractivity contribution in [3.63, 3.8) is 0 Å². The van der Waals surface area contributed by atoms with E-state index in [9.17, 15) is 20.1 Å². The molecule has 122 valence electrons. The fourth-order valence-electron chi connectivity index (χ4n) is 2.15. The van der Waals surface area contributed by atoms with Crippen LogP contribution in [0.4, 0.5) is 4.79 Å². The van der Waals surface area contributed by atoms with Gasteiger partial charge in [0.25, 0.3) is 0 Å². The number of rotatable bonds is 4. The third-order valence-electron chi connectivity index (χ3n) is 3.40. The normalized spacial score (nSPS) is 31.5. The summed E-state index contributed by atoms with van der Waals surface area (Å²) in [7, 11) is 0. The number of alkyl carbamates (subject to hydrolysis) is 1. The topological polar surface area (TPSA) is 128 Å². The lowest BCUT2D eigenvalue weighted by atomic mass is 9.97. The van der Waals surface area contributed by atoms with Crippen LogP contribution in [0.2, 0.25) is 0 Å². The Morgan fingerprint density at radius 2 is 1.86 bits per heavy atom. The molecule has 0 radical (unpaired) electrons. The van der Waals surface area contributed by atoms with Crippen molar-refractivity contribution in [2.45, 2.75) is 37.3 Å². The van der Waals surface area contributed by atoms with Crippen molar-refractivity contribution >= 4 is 6.09 Å². The predicted molar refractivity (Wildman–Crippen MR) is 73.5 cm³/mol. The molecule has 0 unspecified atom stereocenters. The molecule has 8 heteroatoms. The average molecular weight is 313 g/mol. The quantitative estimate of drug-likeness (QED) is 0.468. The van der Waals surface area contributed by atoms with Crippen molar-refractivity contribution in [1.82, 2.24) is 5.32 Å². The maximum atomic E-state index is 11.7. The first-order chi connectivity index (χ1) is 10.5. The van der Waals surface area contributed by atoms with Gasteiger partial charge in [-0.3, -0.25) is 0 Å². The SMILES string of the molecule is O=C(N[C@H]1[C@@H](O)[C@@H](O)[C@@H](CO)O[C@H]1O)OCc1ccccc1. The van der Waals surface area contributed by atoms with Gasteiger partial charge in [-0.2, -0.15) is 0 Å². The minimum absolute atomic E-state index is 0.0221. The van der Waals surface area contributed by atoms with Gasteiger partial charge in [-0.05, 0) is 5.56 Å². The highest BCUT2D eigenvalue weighted by Crippen LogP contribution is 2.19. The Kier molecular flexibility index (Phi) is 5.69. The first kappa shape index (κ1) is 16.7. The van der Waals surface area contributed by atoms with Gasteiger partial charge >= 0.3 is 6.09 Å². The minimum Gasteiger partial charge on any atom is -0.445 e. The second-order valence-electron chi connectivity index (χ2n) is 4.96. The first-order valence-electron chi connectivity index (χ1n) is 6.80. The second-order valence-corrected chi connectivity index (χ2v) is 4.96. The number of hydrogen-bond acceptors (Lipinski definition) is 7. The Bertz CT molecular complexity index is 483. The van der Waals surface area contributed by atoms with Crippen LogP contribution < -0.4 is 5.32 Å². The summed E-state index contributed by atoms with van der Waals surface area (Å²) in [5, 5.41) is 40.5. The molecule has 0 aliphatic carbocycles. The predicted octanol–water partition coefficient (Wildman–Crippen LogP) is -1.29. The lowest BCUT2D eigenvalue weighted by molar-refractivity contribution is -0.253. The Hall–Kier alpha value is -1.71. The van der Waals surface area contributed by atoms with E-state index in [0.29, 0.717) is 0 Å². The number of ether oxygens (including phenoxy) is 2. The van der Waals surface area contributed by atoms with E-state index in [1.54, 1.807) is 24.3 Å². The fraction of sp³-hybridized carbons (Fsp3) is 0.500. The maximum absolute atomic E-state index is 11.7. The molecule has 1 saturated heterocycles. The van der Waals surface area contributed by atoms with Crippen LogP contribution in [0.5, 0.6) is 0 Å². The Balaban J connectivity index is 1.87. The summed E-state index contributed by atoms with van der Waals surface area (Å²) in [5.41, 5.74) is 0.777. The van der Waals surface area contributed by atoms with Crippen molar-refractivity contribution in [3.05, 3.63) is 35.9 Å². The zero-order valence-electron chi connectivity index (χ0n) is 11.7. The van der Waals surface area contributed by atoms with E-state index in [4.69, 9.17) is 14.6 Å². The number of aliphatic hydroxyl groups excluding tert-OH is 4. The molecule has 8 nitrogen and oxygen atoms in total. The van der Waals surface area contributed by atoms with Crippen LogP contribution in [0, 0.1) is 0 Å². The van der Waals surface area contributed by atoms with Crippen molar-refractivity contribution < 1.29 is 34.7 Å². The molecule has 5 N–H and O–H groups in total. The third-order valence-corrected chi connectivity index (χ3v) is 3.40. The summed E-state index contributed by atoms with van der Waals surface area (Å²) in [5.74, 6) is 0. The number of benzene rings is 1. The van der Waals surface area contributed by atoms with E-state index < -0.39 is 43.3 Å². The Morgan fingerprint density at radius 3 is 2.50 bits per heavy atom. The molecule has 5 atom stereocenters. The van der Waals surface area contributed by atoms with Gasteiger partial charge in [0.05, 0.1) is 6.61 Å². The summed E-state index contributed by atoms with van der Waals surface area (Å²) in [6.07, 6.45) is -6.49. The van der Waals surface area contributed by atoms with Gasteiger partial charge in [-0.15, -0.1) is 0 Å². The molecule has 0 bridgehead atoms. The van der Waals surface area contributed by atoms with Gasteiger partial charge in [0.2, 0.25) is 0 Å². The molecule has 1 aromatic rings. The molecule has 1 amide bonds. The maximum Gasteiger partial charge on any atom is 0.407 e. The van der Waals surface area contributed by atoms with E-state index in [1.165, 1.54) is 0 Å². The van der Waals surface area contributed by atoms with Crippen molar-refractivity contribution in [1.29, 1.82) is 0 Å². The zero-order valence-corrected chi connectivity index (χ0v) is 11.7. The fourth-order valence-corrected chi connectivity index (χ4v) is 2.15. The van der Waals surface area contributed by atoms with Crippen LogP contribution in [0.1, 0.15) is 5.56 Å². The van der Waals surface area contributed by atoms with E-state index in [2.05, 4.69) is 5.32 Å². The van der Waals surface area contributed by atoms with Gasteiger partial charge in [0.1, 0.15) is 31.0 Å². The summed E-state index contributed by atoms with van der Waals surface area (Å²) >= 11 is 0. The summed E-state index contributed by atoms with van der Waals surface area (Å²) in [6, 6.07) is 7.71. The average Bonchev–Trinajstić information content (AvgIpc) is 2.54. The summed E-state index contributed by atoms with van der Waals surface area (Å²) < 4.78 is 9.88. The molecular formula is C14H19NO7. The van der Waals surface area contributed by atoms with E-state index in [1.807, 2.05) is 6.07 Å². The number of hydrogen-bond donors (Lipinski definition) is 5. The van der Waals surface area contributed by atoms with Gasteiger partial charge in [-0.1, -0.05) is 30.3 Å². The van der Waals surface area contributed by atoms with Crippen molar-refractivity contribution in [2.24, 2.45) is 0 Å². The molecular weight excluding hydrogens is 294 g/mol. The largest absolute Gasteiger partial charge is 0.445 e. The summed E-state index contributed by atoms with van der Waals surface area (Å²) in [6.45, 7) is -0.547. The van der Waals surface area contributed by atoms with Gasteiger partial charge in [0.15, 0.2) is 6.29 Å². The van der Waals surface area contributed by atoms with Crippen molar-refractivity contribution in [2.75, 3.05) is 6.61 Å². The zero-order chi connectivity index (χ0) is 16.1. The van der Waals surface area contributed by atoms with Crippen LogP contribution >= 0.6 is 0 Å². The van der Waals surface area contributed by atoms with Crippen LogP contribution in [-0.4, -0.2) is 63.8 Å². The highest BCUT2D eigenvalue weighted by molar-refractivity contribution is 5.67. The molecule has 1 aromatic carbocycles. The van der Waals surface area contributed by atoms with Crippen LogP contribution in [0.3, 0.4) is 0 Å². The Morgan fingerprint density at radius 1 is 1.18 bits per heavy atom. The number of carbonyl (C=O) groups is 1. The lowest BCUT2D eigenvalue weighted by Crippen LogP contribution is -2.64. The summed E-state index contributed by atoms with van der Waals surface area (Å²) in [4.78, 5) is 11.7. The molecule has 0 spiro atoms. The molecule has 0 saturated carbocycles. The number of nitrogens with one attached hydrogen (secondary N) is 1. The van der Waals surface area contributed by atoms with Crippen LogP contribution in [0.15, 0.2) is 30.3 Å². The monoisotopic (exact) mass is 313 g/mol. The van der Waals surface area contributed by atoms with E-state index >= 15 is 0 Å². The molecule has 1 aliphatic rings. The van der Waals surface area contributed by atoms with E-state index in [0.717, 1.165) is 5.56 Å². The van der Waals surface area contributed by atoms with E-state index in [-0.39, 0.29) is 6.61 Å². The highest BCUT2D eigenvalue weighted by atomic mass is 16.6. The molecule has 1 heterocycles. The minimum atomic E-state index is -1.57. The Labute approximate surface area is 126 Å². The van der Waals surface area contributed by atoms with Crippen molar-refractivity contribution in [3.8, 4) is 0 Å². The third kappa shape index (κ3) is 3.93. The second kappa shape index (κ2) is 7.52. The molecule has 1 aliphatic heterocycles. The van der Waals surface area contributed by atoms with Gasteiger partial charge < -0.3 is 35.2 Å². The lowest BCUT2D eigenvalue weighted by Gasteiger charge is -2.39.